The second kappa shape index (κ2) is 7.46. The van der Waals surface area contributed by atoms with Crippen molar-refractivity contribution >= 4 is 0 Å². The van der Waals surface area contributed by atoms with Crippen LogP contribution in [0.5, 0.6) is 0 Å². The number of aliphatic hydroxyl groups is 1. The Labute approximate surface area is 132 Å². The Balaban J connectivity index is 2.96. The van der Waals surface area contributed by atoms with E-state index in [4.69, 9.17) is 5.73 Å². The lowest BCUT2D eigenvalue weighted by atomic mass is 9.56. The molecule has 0 bridgehead atoms. The van der Waals surface area contributed by atoms with Gasteiger partial charge in [0, 0.05) is 12.0 Å². The predicted octanol–water partition coefficient (Wildman–Crippen LogP) is 4.60. The summed E-state index contributed by atoms with van der Waals surface area (Å²) in [5, 5.41) is 11.6. The Kier molecular flexibility index (Phi) is 6.74. The van der Waals surface area contributed by atoms with Gasteiger partial charge < -0.3 is 10.8 Å². The van der Waals surface area contributed by atoms with Gasteiger partial charge in [-0.05, 0) is 62.2 Å². The Morgan fingerprint density at radius 3 is 1.71 bits per heavy atom. The number of hydrogen-bond acceptors (Lipinski definition) is 2. The molecule has 0 aromatic carbocycles. The second-order valence-corrected chi connectivity index (χ2v) is 8.79. The van der Waals surface area contributed by atoms with Gasteiger partial charge in [0.2, 0.25) is 0 Å². The lowest BCUT2D eigenvalue weighted by Crippen LogP contribution is -2.55. The summed E-state index contributed by atoms with van der Waals surface area (Å²) in [5.74, 6) is 2.59. The fourth-order valence-corrected chi connectivity index (χ4v) is 4.59. The van der Waals surface area contributed by atoms with Crippen molar-refractivity contribution in [1.29, 1.82) is 0 Å². The fourth-order valence-electron chi connectivity index (χ4n) is 4.59. The molecule has 1 fully saturated rings. The molecular formula is C19H39NO. The summed E-state index contributed by atoms with van der Waals surface area (Å²) in [6.07, 6.45) is 6.43. The topological polar surface area (TPSA) is 46.2 Å². The average molecular weight is 298 g/mol. The highest BCUT2D eigenvalue weighted by atomic mass is 16.3. The monoisotopic (exact) mass is 297 g/mol. The second-order valence-electron chi connectivity index (χ2n) is 8.79. The molecule has 0 aromatic rings. The predicted molar refractivity (Wildman–Crippen MR) is 92.1 cm³/mol. The van der Waals surface area contributed by atoms with E-state index >= 15 is 0 Å². The van der Waals surface area contributed by atoms with Gasteiger partial charge in [0.1, 0.15) is 0 Å². The van der Waals surface area contributed by atoms with E-state index < -0.39 is 5.60 Å². The van der Waals surface area contributed by atoms with Crippen molar-refractivity contribution in [2.24, 2.45) is 34.8 Å². The van der Waals surface area contributed by atoms with E-state index in [2.05, 4.69) is 41.5 Å². The van der Waals surface area contributed by atoms with Crippen LogP contribution in [0.1, 0.15) is 80.1 Å². The molecule has 0 spiro atoms. The van der Waals surface area contributed by atoms with Crippen LogP contribution in [0.15, 0.2) is 0 Å². The molecule has 1 rings (SSSR count). The molecular weight excluding hydrogens is 258 g/mol. The van der Waals surface area contributed by atoms with Crippen molar-refractivity contribution in [3.63, 3.8) is 0 Å². The van der Waals surface area contributed by atoms with E-state index in [9.17, 15) is 5.11 Å². The molecule has 0 atom stereocenters. The maximum atomic E-state index is 11.6. The van der Waals surface area contributed by atoms with E-state index in [1.165, 1.54) is 12.8 Å². The fraction of sp³-hybridized carbons (Fsp3) is 1.00. The van der Waals surface area contributed by atoms with Crippen molar-refractivity contribution in [3.05, 3.63) is 0 Å². The molecule has 2 nitrogen and oxygen atoms in total. The largest absolute Gasteiger partial charge is 0.389 e. The molecule has 0 radical (unpaired) electrons. The van der Waals surface area contributed by atoms with Crippen LogP contribution in [0.4, 0.5) is 0 Å². The summed E-state index contributed by atoms with van der Waals surface area (Å²) >= 11 is 0. The van der Waals surface area contributed by atoms with Crippen LogP contribution < -0.4 is 5.73 Å². The third-order valence-corrected chi connectivity index (χ3v) is 5.80. The molecule has 1 saturated carbocycles. The van der Waals surface area contributed by atoms with E-state index in [-0.39, 0.29) is 5.41 Å². The van der Waals surface area contributed by atoms with Crippen LogP contribution in [-0.4, -0.2) is 17.3 Å². The first-order valence-corrected chi connectivity index (χ1v) is 9.08. The summed E-state index contributed by atoms with van der Waals surface area (Å²) in [6.45, 7) is 14.2. The van der Waals surface area contributed by atoms with Crippen LogP contribution >= 0.6 is 0 Å². The van der Waals surface area contributed by atoms with Crippen LogP contribution in [-0.2, 0) is 0 Å². The van der Waals surface area contributed by atoms with Gasteiger partial charge in [-0.2, -0.15) is 0 Å². The Bertz CT molecular complexity index is 291. The Morgan fingerprint density at radius 1 is 1.00 bits per heavy atom. The van der Waals surface area contributed by atoms with Crippen LogP contribution in [0.25, 0.3) is 0 Å². The third-order valence-electron chi connectivity index (χ3n) is 5.80. The van der Waals surface area contributed by atoms with Gasteiger partial charge in [-0.3, -0.25) is 0 Å². The van der Waals surface area contributed by atoms with Crippen molar-refractivity contribution in [2.45, 2.75) is 85.7 Å². The smallest absolute Gasteiger partial charge is 0.0720 e. The van der Waals surface area contributed by atoms with Gasteiger partial charge in [-0.25, -0.2) is 0 Å². The quantitative estimate of drug-likeness (QED) is 0.721. The first-order valence-electron chi connectivity index (χ1n) is 9.08. The summed E-state index contributed by atoms with van der Waals surface area (Å²) in [7, 11) is 0. The molecule has 2 heteroatoms. The maximum Gasteiger partial charge on any atom is 0.0720 e. The summed E-state index contributed by atoms with van der Waals surface area (Å²) in [5.41, 5.74) is 5.58. The number of hydrogen-bond donors (Lipinski definition) is 2. The van der Waals surface area contributed by atoms with Crippen LogP contribution in [0, 0.1) is 29.1 Å². The van der Waals surface area contributed by atoms with Crippen molar-refractivity contribution < 1.29 is 5.11 Å². The SMILES string of the molecule is CC(C)CC(O)(CC(C)C)C1(CN)CCC(C(C)C)CC1. The Hall–Kier alpha value is -0.0800. The highest BCUT2D eigenvalue weighted by Crippen LogP contribution is 2.51. The highest BCUT2D eigenvalue weighted by molar-refractivity contribution is 5.03. The molecule has 1 aliphatic carbocycles. The van der Waals surface area contributed by atoms with Gasteiger partial charge in [-0.15, -0.1) is 0 Å². The molecule has 0 heterocycles. The highest BCUT2D eigenvalue weighted by Gasteiger charge is 2.51. The van der Waals surface area contributed by atoms with E-state index in [1.807, 2.05) is 0 Å². The normalized spacial score (nSPS) is 27.9. The lowest BCUT2D eigenvalue weighted by Gasteiger charge is -2.52. The molecule has 21 heavy (non-hydrogen) atoms. The van der Waals surface area contributed by atoms with E-state index in [0.717, 1.165) is 37.5 Å². The zero-order chi connectivity index (χ0) is 16.3. The van der Waals surface area contributed by atoms with Gasteiger partial charge in [0.05, 0.1) is 5.60 Å². The van der Waals surface area contributed by atoms with Gasteiger partial charge in [0.25, 0.3) is 0 Å². The maximum absolute atomic E-state index is 11.6. The lowest BCUT2D eigenvalue weighted by molar-refractivity contribution is -0.130. The van der Waals surface area contributed by atoms with E-state index in [1.54, 1.807) is 0 Å². The van der Waals surface area contributed by atoms with Crippen molar-refractivity contribution in [3.8, 4) is 0 Å². The third kappa shape index (κ3) is 4.45. The van der Waals surface area contributed by atoms with Gasteiger partial charge in [-0.1, -0.05) is 41.5 Å². The summed E-state index contributed by atoms with van der Waals surface area (Å²) < 4.78 is 0. The van der Waals surface area contributed by atoms with Crippen molar-refractivity contribution in [2.75, 3.05) is 6.54 Å². The summed E-state index contributed by atoms with van der Waals surface area (Å²) in [4.78, 5) is 0. The van der Waals surface area contributed by atoms with Crippen LogP contribution in [0.2, 0.25) is 0 Å². The molecule has 0 saturated heterocycles. The zero-order valence-electron chi connectivity index (χ0n) is 15.3. The standard InChI is InChI=1S/C19H39NO/c1-14(2)11-19(21,12-15(3)4)18(13-20)9-7-17(8-10-18)16(5)6/h14-17,21H,7-13,20H2,1-6H3. The minimum Gasteiger partial charge on any atom is -0.389 e. The Morgan fingerprint density at radius 2 is 1.43 bits per heavy atom. The molecule has 0 aliphatic heterocycles. The number of rotatable bonds is 7. The van der Waals surface area contributed by atoms with Crippen LogP contribution in [0.3, 0.4) is 0 Å². The molecule has 1 aliphatic rings. The molecule has 3 N–H and O–H groups in total. The van der Waals surface area contributed by atoms with Crippen molar-refractivity contribution in [1.82, 2.24) is 0 Å². The minimum atomic E-state index is -0.591. The molecule has 0 amide bonds. The first-order chi connectivity index (χ1) is 9.66. The summed E-state index contributed by atoms with van der Waals surface area (Å²) in [6, 6.07) is 0. The average Bonchev–Trinajstić information content (AvgIpc) is 2.36. The molecule has 0 aromatic heterocycles. The zero-order valence-corrected chi connectivity index (χ0v) is 15.3. The minimum absolute atomic E-state index is 0.0626. The number of nitrogens with two attached hydrogens (primary N) is 1. The first kappa shape index (κ1) is 19.0. The molecule has 126 valence electrons. The van der Waals surface area contributed by atoms with Gasteiger partial charge in [0.15, 0.2) is 0 Å². The molecule has 0 unspecified atom stereocenters. The van der Waals surface area contributed by atoms with Gasteiger partial charge >= 0.3 is 0 Å². The van der Waals surface area contributed by atoms with E-state index in [0.29, 0.717) is 18.4 Å².